The Balaban J connectivity index is 2.25. The molecule has 100 valence electrons. The maximum Gasteiger partial charge on any atom is 0.344 e. The predicted octanol–water partition coefficient (Wildman–Crippen LogP) is 4.61. The molecule has 0 spiro atoms. The molecule has 0 unspecified atom stereocenters. The van der Waals surface area contributed by atoms with E-state index in [0.29, 0.717) is 11.0 Å². The molecular weight excluding hydrogens is 260 g/mol. The Morgan fingerprint density at radius 3 is 2.24 bits per heavy atom. The smallest absolute Gasteiger partial charge is 0.344 e. The molecule has 0 N–H and O–H groups in total. The van der Waals surface area contributed by atoms with E-state index in [4.69, 9.17) is 4.42 Å². The summed E-state index contributed by atoms with van der Waals surface area (Å²) in [6, 6.07) is 23.5. The van der Waals surface area contributed by atoms with Crippen molar-refractivity contribution in [2.45, 2.75) is 0 Å². The van der Waals surface area contributed by atoms with E-state index in [0.717, 1.165) is 21.9 Å². The summed E-state index contributed by atoms with van der Waals surface area (Å²) in [7, 11) is 0. The first-order valence-corrected chi connectivity index (χ1v) is 6.84. The van der Waals surface area contributed by atoms with Crippen molar-refractivity contribution in [1.82, 2.24) is 0 Å². The van der Waals surface area contributed by atoms with Crippen LogP contribution in [-0.4, -0.2) is 0 Å². The molecule has 0 aliphatic heterocycles. The third kappa shape index (κ3) is 1.84. The van der Waals surface area contributed by atoms with Gasteiger partial charge in [-0.2, -0.15) is 0 Å². The molecule has 1 heterocycles. The first kappa shape index (κ1) is 11.9. The van der Waals surface area contributed by atoms with Gasteiger partial charge < -0.3 is 4.42 Å². The average Bonchev–Trinajstić information content (AvgIpc) is 2.55. The van der Waals surface area contributed by atoms with Gasteiger partial charge in [-0.05, 0) is 23.3 Å². The van der Waals surface area contributed by atoms with Gasteiger partial charge in [0, 0.05) is 10.8 Å². The Hall–Kier alpha value is -2.87. The molecular formula is C19H12O2. The topological polar surface area (TPSA) is 30.2 Å². The molecule has 4 rings (SSSR count). The standard InChI is InChI=1S/C19H12O2/c20-19-16-11-6-10-14(13-7-2-1-3-8-13)18(16)15-9-4-5-12-17(15)21-19/h1-12H. The molecule has 2 nitrogen and oxygen atoms in total. The van der Waals surface area contributed by atoms with E-state index in [2.05, 4.69) is 12.1 Å². The molecule has 3 aromatic carbocycles. The van der Waals surface area contributed by atoms with E-state index in [1.54, 1.807) is 0 Å². The molecule has 0 bridgehead atoms. The molecule has 0 atom stereocenters. The Morgan fingerprint density at radius 1 is 0.667 bits per heavy atom. The lowest BCUT2D eigenvalue weighted by atomic mass is 9.97. The van der Waals surface area contributed by atoms with E-state index in [9.17, 15) is 4.79 Å². The predicted molar refractivity (Wildman–Crippen MR) is 85.4 cm³/mol. The zero-order chi connectivity index (χ0) is 14.2. The molecule has 0 radical (unpaired) electrons. The fourth-order valence-corrected chi connectivity index (χ4v) is 2.79. The average molecular weight is 272 g/mol. The molecule has 21 heavy (non-hydrogen) atoms. The van der Waals surface area contributed by atoms with Crippen LogP contribution in [0.5, 0.6) is 0 Å². The fraction of sp³-hybridized carbons (Fsp3) is 0. The minimum atomic E-state index is -0.290. The maximum absolute atomic E-state index is 12.2. The summed E-state index contributed by atoms with van der Waals surface area (Å²) in [6.45, 7) is 0. The van der Waals surface area contributed by atoms with E-state index < -0.39 is 0 Å². The lowest BCUT2D eigenvalue weighted by Gasteiger charge is -2.08. The number of fused-ring (bicyclic) bond motifs is 3. The number of hydrogen-bond donors (Lipinski definition) is 0. The highest BCUT2D eigenvalue weighted by molar-refractivity contribution is 6.11. The molecule has 0 aliphatic carbocycles. The molecule has 2 heteroatoms. The van der Waals surface area contributed by atoms with Gasteiger partial charge in [0.15, 0.2) is 0 Å². The second-order valence-corrected chi connectivity index (χ2v) is 4.98. The molecule has 4 aromatic rings. The number of rotatable bonds is 1. The third-order valence-electron chi connectivity index (χ3n) is 3.73. The van der Waals surface area contributed by atoms with Crippen LogP contribution in [-0.2, 0) is 0 Å². The number of benzene rings is 3. The first-order valence-electron chi connectivity index (χ1n) is 6.84. The van der Waals surface area contributed by atoms with Gasteiger partial charge >= 0.3 is 5.63 Å². The molecule has 0 fully saturated rings. The molecule has 1 aromatic heterocycles. The molecule has 0 aliphatic rings. The zero-order valence-corrected chi connectivity index (χ0v) is 11.2. The van der Waals surface area contributed by atoms with Crippen molar-refractivity contribution in [1.29, 1.82) is 0 Å². The van der Waals surface area contributed by atoms with Crippen LogP contribution in [0, 0.1) is 0 Å². The second-order valence-electron chi connectivity index (χ2n) is 4.98. The van der Waals surface area contributed by atoms with Gasteiger partial charge in [0.05, 0.1) is 5.39 Å². The van der Waals surface area contributed by atoms with Crippen LogP contribution < -0.4 is 5.63 Å². The van der Waals surface area contributed by atoms with Gasteiger partial charge in [-0.1, -0.05) is 60.7 Å². The van der Waals surface area contributed by atoms with Gasteiger partial charge in [0.1, 0.15) is 5.58 Å². The minimum Gasteiger partial charge on any atom is -0.422 e. The monoisotopic (exact) mass is 272 g/mol. The van der Waals surface area contributed by atoms with E-state index in [1.807, 2.05) is 60.7 Å². The highest BCUT2D eigenvalue weighted by Crippen LogP contribution is 2.32. The zero-order valence-electron chi connectivity index (χ0n) is 11.2. The van der Waals surface area contributed by atoms with Gasteiger partial charge in [-0.25, -0.2) is 4.79 Å². The second kappa shape index (κ2) is 4.60. The van der Waals surface area contributed by atoms with Crippen LogP contribution in [0.2, 0.25) is 0 Å². The quantitative estimate of drug-likeness (QED) is 0.374. The maximum atomic E-state index is 12.2. The van der Waals surface area contributed by atoms with Crippen LogP contribution >= 0.6 is 0 Å². The Bertz CT molecular complexity index is 998. The van der Waals surface area contributed by atoms with Crippen molar-refractivity contribution < 1.29 is 4.42 Å². The lowest BCUT2D eigenvalue weighted by Crippen LogP contribution is -2.00. The van der Waals surface area contributed by atoms with Crippen molar-refractivity contribution in [3.8, 4) is 11.1 Å². The van der Waals surface area contributed by atoms with E-state index in [1.165, 1.54) is 0 Å². The summed E-state index contributed by atoms with van der Waals surface area (Å²) in [5, 5.41) is 2.54. The van der Waals surface area contributed by atoms with Gasteiger partial charge in [-0.15, -0.1) is 0 Å². The number of para-hydroxylation sites is 1. The van der Waals surface area contributed by atoms with Crippen LogP contribution in [0.15, 0.2) is 82.0 Å². The summed E-state index contributed by atoms with van der Waals surface area (Å²) in [5.41, 5.74) is 2.48. The van der Waals surface area contributed by atoms with Gasteiger partial charge in [0.2, 0.25) is 0 Å². The fourth-order valence-electron chi connectivity index (χ4n) is 2.79. The Labute approximate surface area is 121 Å². The first-order chi connectivity index (χ1) is 10.3. The van der Waals surface area contributed by atoms with Crippen molar-refractivity contribution in [2.75, 3.05) is 0 Å². The van der Waals surface area contributed by atoms with Crippen LogP contribution in [0.1, 0.15) is 0 Å². The summed E-state index contributed by atoms with van der Waals surface area (Å²) in [5.74, 6) is 0. The Morgan fingerprint density at radius 2 is 1.38 bits per heavy atom. The molecule has 0 amide bonds. The number of hydrogen-bond acceptors (Lipinski definition) is 2. The lowest BCUT2D eigenvalue weighted by molar-refractivity contribution is 0.569. The van der Waals surface area contributed by atoms with Crippen LogP contribution in [0.4, 0.5) is 0 Å². The summed E-state index contributed by atoms with van der Waals surface area (Å²) < 4.78 is 5.41. The van der Waals surface area contributed by atoms with Crippen molar-refractivity contribution in [3.63, 3.8) is 0 Å². The Kier molecular flexibility index (Phi) is 2.61. The highest BCUT2D eigenvalue weighted by Gasteiger charge is 2.11. The molecule has 0 saturated heterocycles. The third-order valence-corrected chi connectivity index (χ3v) is 3.73. The largest absolute Gasteiger partial charge is 0.422 e. The molecule has 0 saturated carbocycles. The van der Waals surface area contributed by atoms with E-state index >= 15 is 0 Å². The SMILES string of the molecule is O=c1oc2ccccc2c2c(-c3ccccc3)cccc12. The van der Waals surface area contributed by atoms with Crippen LogP contribution in [0.25, 0.3) is 32.9 Å². The van der Waals surface area contributed by atoms with Crippen molar-refractivity contribution in [3.05, 3.63) is 83.2 Å². The highest BCUT2D eigenvalue weighted by atomic mass is 16.4. The normalized spacial score (nSPS) is 11.0. The summed E-state index contributed by atoms with van der Waals surface area (Å²) in [6.07, 6.45) is 0. The van der Waals surface area contributed by atoms with Crippen LogP contribution in [0.3, 0.4) is 0 Å². The van der Waals surface area contributed by atoms with Crippen molar-refractivity contribution in [2.24, 2.45) is 0 Å². The van der Waals surface area contributed by atoms with Crippen molar-refractivity contribution >= 4 is 21.7 Å². The summed E-state index contributed by atoms with van der Waals surface area (Å²) >= 11 is 0. The summed E-state index contributed by atoms with van der Waals surface area (Å²) in [4.78, 5) is 12.2. The van der Waals surface area contributed by atoms with Gasteiger partial charge in [-0.3, -0.25) is 0 Å². The minimum absolute atomic E-state index is 0.290. The van der Waals surface area contributed by atoms with Gasteiger partial charge in [0.25, 0.3) is 0 Å². The van der Waals surface area contributed by atoms with E-state index in [-0.39, 0.29) is 5.63 Å².